The van der Waals surface area contributed by atoms with Crippen molar-refractivity contribution in [1.82, 2.24) is 5.32 Å². The number of benzene rings is 2. The standard InChI is InChI=1S/C23H25NO4/c1-16(25)24-20(14-17-8-6-5-7-9-17)22(27)28-15-21(26)18-10-12-19(13-11-18)23(2,3)4/h5-14H,15H2,1-4H3,(H,24,25)/b20-14-. The Morgan fingerprint density at radius 1 is 0.964 bits per heavy atom. The highest BCUT2D eigenvalue weighted by molar-refractivity contribution is 6.01. The van der Waals surface area contributed by atoms with Gasteiger partial charge in [0.15, 0.2) is 12.4 Å². The first-order valence-electron chi connectivity index (χ1n) is 9.02. The number of ether oxygens (including phenoxy) is 1. The van der Waals surface area contributed by atoms with Crippen molar-refractivity contribution in [2.24, 2.45) is 0 Å². The molecule has 0 atom stereocenters. The number of amides is 1. The Balaban J connectivity index is 2.06. The zero-order valence-electron chi connectivity index (χ0n) is 16.6. The lowest BCUT2D eigenvalue weighted by Gasteiger charge is -2.19. The highest BCUT2D eigenvalue weighted by Gasteiger charge is 2.17. The molecular formula is C23H25NO4. The third-order valence-corrected chi connectivity index (χ3v) is 4.05. The minimum Gasteiger partial charge on any atom is -0.453 e. The van der Waals surface area contributed by atoms with Gasteiger partial charge in [-0.05, 0) is 22.6 Å². The minimum absolute atomic E-state index is 0.0104. The number of carbonyl (C=O) groups excluding carboxylic acids is 3. The number of ketones is 1. The molecule has 5 heteroatoms. The van der Waals surface area contributed by atoms with E-state index < -0.39 is 18.5 Å². The van der Waals surface area contributed by atoms with E-state index in [2.05, 4.69) is 26.1 Å². The summed E-state index contributed by atoms with van der Waals surface area (Å²) < 4.78 is 5.12. The van der Waals surface area contributed by atoms with Crippen LogP contribution in [0.1, 0.15) is 49.2 Å². The highest BCUT2D eigenvalue weighted by Crippen LogP contribution is 2.22. The van der Waals surface area contributed by atoms with Crippen LogP contribution in [0.2, 0.25) is 0 Å². The van der Waals surface area contributed by atoms with E-state index in [9.17, 15) is 14.4 Å². The van der Waals surface area contributed by atoms with Crippen molar-refractivity contribution in [3.05, 3.63) is 77.0 Å². The maximum Gasteiger partial charge on any atom is 0.355 e. The summed E-state index contributed by atoms with van der Waals surface area (Å²) >= 11 is 0. The summed E-state index contributed by atoms with van der Waals surface area (Å²) in [5.41, 5.74) is 2.28. The second kappa shape index (κ2) is 9.13. The first kappa shape index (κ1) is 21.1. The molecule has 0 aliphatic carbocycles. The molecule has 2 aromatic carbocycles. The van der Waals surface area contributed by atoms with Gasteiger partial charge < -0.3 is 10.1 Å². The smallest absolute Gasteiger partial charge is 0.355 e. The van der Waals surface area contributed by atoms with Gasteiger partial charge in [-0.2, -0.15) is 0 Å². The molecule has 0 bridgehead atoms. The number of nitrogens with one attached hydrogen (secondary N) is 1. The molecule has 2 rings (SSSR count). The summed E-state index contributed by atoms with van der Waals surface area (Å²) in [4.78, 5) is 36.1. The molecule has 0 saturated carbocycles. The van der Waals surface area contributed by atoms with Crippen LogP contribution in [0.3, 0.4) is 0 Å². The Kier molecular flexibility index (Phi) is 6.88. The van der Waals surface area contributed by atoms with Crippen LogP contribution in [-0.2, 0) is 19.7 Å². The Labute approximate surface area is 165 Å². The Morgan fingerprint density at radius 2 is 1.57 bits per heavy atom. The molecule has 5 nitrogen and oxygen atoms in total. The summed E-state index contributed by atoms with van der Waals surface area (Å²) in [7, 11) is 0. The van der Waals surface area contributed by atoms with Gasteiger partial charge in [0, 0.05) is 12.5 Å². The Bertz CT molecular complexity index is 875. The molecule has 0 saturated heterocycles. The summed E-state index contributed by atoms with van der Waals surface area (Å²) in [6.07, 6.45) is 1.51. The van der Waals surface area contributed by atoms with Crippen molar-refractivity contribution < 1.29 is 19.1 Å². The first-order valence-corrected chi connectivity index (χ1v) is 9.02. The van der Waals surface area contributed by atoms with Gasteiger partial charge in [-0.3, -0.25) is 9.59 Å². The van der Waals surface area contributed by atoms with E-state index in [-0.39, 0.29) is 16.9 Å². The summed E-state index contributed by atoms with van der Waals surface area (Å²) in [6.45, 7) is 7.17. The number of carbonyl (C=O) groups is 3. The molecule has 0 heterocycles. The lowest BCUT2D eigenvalue weighted by molar-refractivity contribution is -0.139. The number of hydrogen-bond acceptors (Lipinski definition) is 4. The van der Waals surface area contributed by atoms with Crippen molar-refractivity contribution in [2.45, 2.75) is 33.1 Å². The molecule has 0 unspecified atom stereocenters. The molecular weight excluding hydrogens is 354 g/mol. The maximum absolute atomic E-state index is 12.3. The number of rotatable bonds is 6. The van der Waals surface area contributed by atoms with Gasteiger partial charge >= 0.3 is 5.97 Å². The zero-order valence-corrected chi connectivity index (χ0v) is 16.6. The van der Waals surface area contributed by atoms with E-state index in [4.69, 9.17) is 4.74 Å². The van der Waals surface area contributed by atoms with Gasteiger partial charge in [0.05, 0.1) is 0 Å². The van der Waals surface area contributed by atoms with Gasteiger partial charge in [0.25, 0.3) is 0 Å². The number of hydrogen-bond donors (Lipinski definition) is 1. The second-order valence-corrected chi connectivity index (χ2v) is 7.48. The summed E-state index contributed by atoms with van der Waals surface area (Å²) in [6, 6.07) is 16.3. The molecule has 0 aliphatic heterocycles. The van der Waals surface area contributed by atoms with Gasteiger partial charge in [-0.1, -0.05) is 75.4 Å². The van der Waals surface area contributed by atoms with Crippen LogP contribution in [0.15, 0.2) is 60.3 Å². The van der Waals surface area contributed by atoms with Gasteiger partial charge in [-0.25, -0.2) is 4.79 Å². The lowest BCUT2D eigenvalue weighted by Crippen LogP contribution is -2.27. The highest BCUT2D eigenvalue weighted by atomic mass is 16.5. The van der Waals surface area contributed by atoms with Crippen molar-refractivity contribution in [1.29, 1.82) is 0 Å². The SMILES string of the molecule is CC(=O)N/C(=C\c1ccccc1)C(=O)OCC(=O)c1ccc(C(C)(C)C)cc1. The molecule has 2 aromatic rings. The van der Waals surface area contributed by atoms with E-state index in [1.807, 2.05) is 30.3 Å². The van der Waals surface area contributed by atoms with E-state index in [0.29, 0.717) is 5.56 Å². The van der Waals surface area contributed by atoms with Crippen LogP contribution in [0.4, 0.5) is 0 Å². The fourth-order valence-electron chi connectivity index (χ4n) is 2.50. The molecule has 0 spiro atoms. The predicted molar refractivity (Wildman–Crippen MR) is 109 cm³/mol. The van der Waals surface area contributed by atoms with Gasteiger partial charge in [-0.15, -0.1) is 0 Å². The quantitative estimate of drug-likeness (QED) is 0.470. The van der Waals surface area contributed by atoms with Crippen molar-refractivity contribution >= 4 is 23.7 Å². The number of Topliss-reactive ketones (excluding diaryl/α,β-unsaturated/α-hetero) is 1. The van der Waals surface area contributed by atoms with E-state index in [1.165, 1.54) is 13.0 Å². The van der Waals surface area contributed by atoms with Crippen LogP contribution < -0.4 is 5.32 Å². The molecule has 0 radical (unpaired) electrons. The topological polar surface area (TPSA) is 72.5 Å². The monoisotopic (exact) mass is 379 g/mol. The lowest BCUT2D eigenvalue weighted by atomic mass is 9.86. The van der Waals surface area contributed by atoms with Gasteiger partial charge in [0.1, 0.15) is 5.70 Å². The van der Waals surface area contributed by atoms with Crippen molar-refractivity contribution in [2.75, 3.05) is 6.61 Å². The number of esters is 1. The maximum atomic E-state index is 12.3. The Hall–Kier alpha value is -3.21. The van der Waals surface area contributed by atoms with Crippen LogP contribution in [0, 0.1) is 0 Å². The van der Waals surface area contributed by atoms with Crippen LogP contribution in [0.25, 0.3) is 6.08 Å². The Morgan fingerprint density at radius 3 is 2.11 bits per heavy atom. The van der Waals surface area contributed by atoms with Crippen molar-refractivity contribution in [3.8, 4) is 0 Å². The average Bonchev–Trinajstić information content (AvgIpc) is 2.65. The van der Waals surface area contributed by atoms with E-state index in [1.54, 1.807) is 24.3 Å². The largest absolute Gasteiger partial charge is 0.453 e. The third kappa shape index (κ3) is 6.20. The molecule has 0 aromatic heterocycles. The molecule has 1 amide bonds. The van der Waals surface area contributed by atoms with Crippen LogP contribution >= 0.6 is 0 Å². The van der Waals surface area contributed by atoms with Gasteiger partial charge in [0.2, 0.25) is 5.91 Å². The summed E-state index contributed by atoms with van der Waals surface area (Å²) in [5, 5.41) is 2.45. The second-order valence-electron chi connectivity index (χ2n) is 7.48. The van der Waals surface area contributed by atoms with Crippen LogP contribution in [0.5, 0.6) is 0 Å². The fourth-order valence-corrected chi connectivity index (χ4v) is 2.50. The summed E-state index contributed by atoms with van der Waals surface area (Å²) in [5.74, 6) is -1.47. The molecule has 28 heavy (non-hydrogen) atoms. The van der Waals surface area contributed by atoms with E-state index in [0.717, 1.165) is 11.1 Å². The minimum atomic E-state index is -0.765. The first-order chi connectivity index (χ1) is 13.2. The predicted octanol–water partition coefficient (Wildman–Crippen LogP) is 3.89. The van der Waals surface area contributed by atoms with Crippen LogP contribution in [-0.4, -0.2) is 24.3 Å². The molecule has 146 valence electrons. The fraction of sp³-hybridized carbons (Fsp3) is 0.261. The third-order valence-electron chi connectivity index (χ3n) is 4.05. The average molecular weight is 379 g/mol. The molecule has 0 fully saturated rings. The van der Waals surface area contributed by atoms with Crippen molar-refractivity contribution in [3.63, 3.8) is 0 Å². The molecule has 0 aliphatic rings. The van der Waals surface area contributed by atoms with E-state index >= 15 is 0 Å². The normalized spacial score (nSPS) is 11.6. The zero-order chi connectivity index (χ0) is 20.7. The molecule has 1 N–H and O–H groups in total.